The van der Waals surface area contributed by atoms with E-state index in [1.807, 2.05) is 63.5 Å². The number of anilines is 2. The third-order valence-corrected chi connectivity index (χ3v) is 7.22. The molecule has 0 bridgehead atoms. The van der Waals surface area contributed by atoms with E-state index in [-0.39, 0.29) is 30.6 Å². The predicted octanol–water partition coefficient (Wildman–Crippen LogP) is 5.02. The largest absolute Gasteiger partial charge is 0.312 e. The van der Waals surface area contributed by atoms with Crippen molar-refractivity contribution in [3.05, 3.63) is 53.1 Å². The van der Waals surface area contributed by atoms with Gasteiger partial charge in [-0.3, -0.25) is 14.5 Å². The molecule has 2 amide bonds. The first kappa shape index (κ1) is 25.4. The normalized spacial score (nSPS) is 15.8. The van der Waals surface area contributed by atoms with Crippen molar-refractivity contribution in [2.75, 3.05) is 43.5 Å². The van der Waals surface area contributed by atoms with Gasteiger partial charge in [0.1, 0.15) is 0 Å². The van der Waals surface area contributed by atoms with Crippen LogP contribution in [0.5, 0.6) is 0 Å². The Morgan fingerprint density at radius 3 is 2.61 bits per heavy atom. The summed E-state index contributed by atoms with van der Waals surface area (Å²) in [6, 6.07) is 13.3. The van der Waals surface area contributed by atoms with Crippen LogP contribution in [0.15, 0.2) is 42.5 Å². The summed E-state index contributed by atoms with van der Waals surface area (Å²) in [6.45, 7) is 3.75. The monoisotopic (exact) mass is 506 g/mol. The minimum absolute atomic E-state index is 0. The van der Waals surface area contributed by atoms with Crippen molar-refractivity contribution in [2.24, 2.45) is 5.92 Å². The first-order valence-electron chi connectivity index (χ1n) is 10.7. The number of hydrogen-bond acceptors (Lipinski definition) is 5. The number of nitrogens with zero attached hydrogens (tertiary/aromatic N) is 4. The van der Waals surface area contributed by atoms with Crippen LogP contribution in [-0.4, -0.2) is 55.4 Å². The Kier molecular flexibility index (Phi) is 8.34. The highest BCUT2D eigenvalue weighted by atomic mass is 35.5. The second-order valence-corrected chi connectivity index (χ2v) is 9.82. The molecule has 3 aromatic rings. The Morgan fingerprint density at radius 1 is 1.18 bits per heavy atom. The molecule has 0 radical (unpaired) electrons. The molecule has 9 heteroatoms. The van der Waals surface area contributed by atoms with E-state index in [0.717, 1.165) is 34.4 Å². The standard InChI is InChI=1S/C24H27ClN4O2S.ClH/c1-16-19(25)10-11-20-22(16)26-24(32-20)28(13-7-12-27(2)3)23(31)17-14-21(30)29(15-17)18-8-5-4-6-9-18;/h4-6,8-11,17H,7,12-15H2,1-3H3;1H. The van der Waals surface area contributed by atoms with Crippen molar-refractivity contribution < 1.29 is 9.59 Å². The second-order valence-electron chi connectivity index (χ2n) is 8.40. The molecule has 1 unspecified atom stereocenters. The molecule has 0 spiro atoms. The van der Waals surface area contributed by atoms with Crippen LogP contribution in [0.25, 0.3) is 10.2 Å². The maximum atomic E-state index is 13.6. The molecule has 2 heterocycles. The van der Waals surface area contributed by atoms with Gasteiger partial charge in [-0.15, -0.1) is 12.4 Å². The Labute approximate surface area is 209 Å². The summed E-state index contributed by atoms with van der Waals surface area (Å²) in [7, 11) is 4.03. The number of para-hydroxylation sites is 1. The Morgan fingerprint density at radius 2 is 1.91 bits per heavy atom. The van der Waals surface area contributed by atoms with Crippen molar-refractivity contribution in [2.45, 2.75) is 19.8 Å². The van der Waals surface area contributed by atoms with E-state index in [1.165, 1.54) is 11.3 Å². The smallest absolute Gasteiger partial charge is 0.234 e. The van der Waals surface area contributed by atoms with Crippen LogP contribution in [0.3, 0.4) is 0 Å². The molecular weight excluding hydrogens is 479 g/mol. The van der Waals surface area contributed by atoms with Crippen molar-refractivity contribution in [1.82, 2.24) is 9.88 Å². The summed E-state index contributed by atoms with van der Waals surface area (Å²) >= 11 is 7.78. The fraction of sp³-hybridized carbons (Fsp3) is 0.375. The van der Waals surface area contributed by atoms with Crippen LogP contribution in [0.4, 0.5) is 10.8 Å². The fourth-order valence-corrected chi connectivity index (χ4v) is 5.21. The first-order chi connectivity index (χ1) is 15.3. The van der Waals surface area contributed by atoms with E-state index >= 15 is 0 Å². The zero-order valence-corrected chi connectivity index (χ0v) is 21.3. The number of thiazole rings is 1. The van der Waals surface area contributed by atoms with Crippen LogP contribution in [0, 0.1) is 12.8 Å². The molecule has 1 fully saturated rings. The van der Waals surface area contributed by atoms with E-state index in [9.17, 15) is 9.59 Å². The van der Waals surface area contributed by atoms with Crippen LogP contribution in [-0.2, 0) is 9.59 Å². The molecule has 2 aromatic carbocycles. The van der Waals surface area contributed by atoms with Gasteiger partial charge >= 0.3 is 0 Å². The number of fused-ring (bicyclic) bond motifs is 1. The van der Waals surface area contributed by atoms with Crippen molar-refractivity contribution in [3.8, 4) is 0 Å². The molecule has 1 saturated heterocycles. The summed E-state index contributed by atoms with van der Waals surface area (Å²) in [5.41, 5.74) is 2.58. The summed E-state index contributed by atoms with van der Waals surface area (Å²) in [6.07, 6.45) is 1.03. The van der Waals surface area contributed by atoms with Crippen LogP contribution in [0.2, 0.25) is 5.02 Å². The summed E-state index contributed by atoms with van der Waals surface area (Å²) in [4.78, 5) is 36.7. The lowest BCUT2D eigenvalue weighted by Crippen LogP contribution is -2.39. The lowest BCUT2D eigenvalue weighted by molar-refractivity contribution is -0.124. The number of aromatic nitrogens is 1. The molecular formula is C24H28Cl2N4O2S. The van der Waals surface area contributed by atoms with E-state index in [0.29, 0.717) is 23.2 Å². The quantitative estimate of drug-likeness (QED) is 0.451. The lowest BCUT2D eigenvalue weighted by Gasteiger charge is -2.24. The van der Waals surface area contributed by atoms with Gasteiger partial charge in [-0.1, -0.05) is 41.1 Å². The minimum Gasteiger partial charge on any atom is -0.312 e. The van der Waals surface area contributed by atoms with Gasteiger partial charge < -0.3 is 9.80 Å². The van der Waals surface area contributed by atoms with E-state index in [1.54, 1.807) is 9.80 Å². The van der Waals surface area contributed by atoms with Gasteiger partial charge in [-0.2, -0.15) is 0 Å². The first-order valence-corrected chi connectivity index (χ1v) is 11.9. The summed E-state index contributed by atoms with van der Waals surface area (Å²) in [5.74, 6) is -0.452. The highest BCUT2D eigenvalue weighted by Crippen LogP contribution is 2.35. The van der Waals surface area contributed by atoms with Gasteiger partial charge in [-0.05, 0) is 63.8 Å². The van der Waals surface area contributed by atoms with Crippen molar-refractivity contribution in [3.63, 3.8) is 0 Å². The third-order valence-electron chi connectivity index (χ3n) is 5.76. The SMILES string of the molecule is Cc1c(Cl)ccc2sc(N(CCCN(C)C)C(=O)C3CC(=O)N(c4ccccc4)C3)nc12.Cl. The van der Waals surface area contributed by atoms with E-state index < -0.39 is 5.92 Å². The predicted molar refractivity (Wildman–Crippen MR) is 139 cm³/mol. The zero-order valence-electron chi connectivity index (χ0n) is 19.0. The van der Waals surface area contributed by atoms with Crippen LogP contribution < -0.4 is 9.80 Å². The molecule has 6 nitrogen and oxygen atoms in total. The van der Waals surface area contributed by atoms with E-state index in [2.05, 4.69) is 4.90 Å². The van der Waals surface area contributed by atoms with Gasteiger partial charge in [-0.25, -0.2) is 4.98 Å². The van der Waals surface area contributed by atoms with Gasteiger partial charge in [0.15, 0.2) is 5.13 Å². The number of halogens is 2. The Bertz CT molecular complexity index is 1140. The Hall–Kier alpha value is -2.19. The summed E-state index contributed by atoms with van der Waals surface area (Å²) in [5, 5.41) is 1.33. The van der Waals surface area contributed by atoms with Crippen LogP contribution >= 0.6 is 35.3 Å². The highest BCUT2D eigenvalue weighted by molar-refractivity contribution is 7.22. The zero-order chi connectivity index (χ0) is 22.8. The molecule has 33 heavy (non-hydrogen) atoms. The average molecular weight is 507 g/mol. The molecule has 1 aliphatic rings. The van der Waals surface area contributed by atoms with E-state index in [4.69, 9.17) is 16.6 Å². The second kappa shape index (κ2) is 10.8. The molecule has 176 valence electrons. The molecule has 1 aliphatic heterocycles. The molecule has 4 rings (SSSR count). The molecule has 1 atom stereocenters. The van der Waals surface area contributed by atoms with Gasteiger partial charge in [0.2, 0.25) is 11.8 Å². The fourth-order valence-electron chi connectivity index (χ4n) is 4.00. The minimum atomic E-state index is -0.390. The van der Waals surface area contributed by atoms with Crippen LogP contribution in [0.1, 0.15) is 18.4 Å². The molecule has 0 aliphatic carbocycles. The number of hydrogen-bond donors (Lipinski definition) is 0. The van der Waals surface area contributed by atoms with Crippen molar-refractivity contribution in [1.29, 1.82) is 0 Å². The number of rotatable bonds is 7. The average Bonchev–Trinajstić information content (AvgIpc) is 3.38. The third kappa shape index (κ3) is 5.49. The summed E-state index contributed by atoms with van der Waals surface area (Å²) < 4.78 is 1.00. The maximum absolute atomic E-state index is 13.6. The molecule has 1 aromatic heterocycles. The Balaban J connectivity index is 0.00000306. The van der Waals surface area contributed by atoms with Crippen molar-refractivity contribution >= 4 is 68.2 Å². The maximum Gasteiger partial charge on any atom is 0.234 e. The number of carbonyl (C=O) groups excluding carboxylic acids is 2. The highest BCUT2D eigenvalue weighted by Gasteiger charge is 2.38. The topological polar surface area (TPSA) is 56.8 Å². The number of benzene rings is 2. The number of carbonyl (C=O) groups is 2. The number of aryl methyl sites for hydroxylation is 1. The molecule has 0 saturated carbocycles. The lowest BCUT2D eigenvalue weighted by atomic mass is 10.1. The van der Waals surface area contributed by atoms with Gasteiger partial charge in [0.05, 0.1) is 16.1 Å². The van der Waals surface area contributed by atoms with Gasteiger partial charge in [0, 0.05) is 30.2 Å². The molecule has 0 N–H and O–H groups in total. The van der Waals surface area contributed by atoms with Gasteiger partial charge in [0.25, 0.3) is 0 Å². The number of amides is 2.